The van der Waals surface area contributed by atoms with Gasteiger partial charge in [-0.05, 0) is 51.0 Å². The quantitative estimate of drug-likeness (QED) is 0.712. The molecule has 0 unspecified atom stereocenters. The smallest absolute Gasteiger partial charge is 0.239 e. The molecule has 0 heterocycles. The summed E-state index contributed by atoms with van der Waals surface area (Å²) in [5.74, 6) is -0.105. The minimum Gasteiger partial charge on any atom is -0.376 e. The Morgan fingerprint density at radius 1 is 0.885 bits per heavy atom. The van der Waals surface area contributed by atoms with Crippen molar-refractivity contribution >= 4 is 23.2 Å². The summed E-state index contributed by atoms with van der Waals surface area (Å²) in [6.07, 6.45) is 1.13. The van der Waals surface area contributed by atoms with Crippen molar-refractivity contribution < 1.29 is 9.59 Å². The fourth-order valence-corrected chi connectivity index (χ4v) is 2.48. The lowest BCUT2D eigenvalue weighted by Gasteiger charge is -2.20. The van der Waals surface area contributed by atoms with E-state index in [2.05, 4.69) is 16.0 Å². The van der Waals surface area contributed by atoms with E-state index < -0.39 is 0 Å². The van der Waals surface area contributed by atoms with E-state index in [1.165, 1.54) is 0 Å². The third-order valence-electron chi connectivity index (χ3n) is 3.60. The number of anilines is 2. The monoisotopic (exact) mass is 353 g/mol. The van der Waals surface area contributed by atoms with Crippen LogP contribution in [0.3, 0.4) is 0 Å². The zero-order chi connectivity index (χ0) is 19.0. The van der Waals surface area contributed by atoms with Gasteiger partial charge in [-0.1, -0.05) is 36.4 Å². The zero-order valence-electron chi connectivity index (χ0n) is 15.6. The zero-order valence-corrected chi connectivity index (χ0v) is 15.6. The molecule has 5 heteroatoms. The van der Waals surface area contributed by atoms with E-state index in [1.807, 2.05) is 75.4 Å². The Kier molecular flexibility index (Phi) is 6.78. The van der Waals surface area contributed by atoms with Gasteiger partial charge in [0.15, 0.2) is 0 Å². The number of nitrogens with one attached hydrogen (secondary N) is 3. The molecule has 0 saturated heterocycles. The van der Waals surface area contributed by atoms with Crippen LogP contribution < -0.4 is 16.0 Å². The van der Waals surface area contributed by atoms with Crippen LogP contribution in [0.25, 0.3) is 0 Å². The highest BCUT2D eigenvalue weighted by atomic mass is 16.2. The van der Waals surface area contributed by atoms with Crippen LogP contribution in [0.2, 0.25) is 0 Å². The average Bonchev–Trinajstić information content (AvgIpc) is 2.58. The van der Waals surface area contributed by atoms with Gasteiger partial charge in [-0.2, -0.15) is 0 Å². The molecule has 5 nitrogen and oxygen atoms in total. The molecule has 2 aromatic carbocycles. The van der Waals surface area contributed by atoms with Crippen molar-refractivity contribution in [3.8, 4) is 0 Å². The van der Waals surface area contributed by atoms with Gasteiger partial charge in [0.1, 0.15) is 0 Å². The minimum atomic E-state index is -0.257. The fourth-order valence-electron chi connectivity index (χ4n) is 2.48. The number of carbonyl (C=O) groups excluding carboxylic acids is 2. The van der Waals surface area contributed by atoms with Gasteiger partial charge >= 0.3 is 0 Å². The second-order valence-corrected chi connectivity index (χ2v) is 7.27. The van der Waals surface area contributed by atoms with Crippen LogP contribution in [0.15, 0.2) is 54.6 Å². The number of rotatable bonds is 7. The van der Waals surface area contributed by atoms with Crippen molar-refractivity contribution in [1.82, 2.24) is 5.32 Å². The predicted octanol–water partition coefficient (Wildman–Crippen LogP) is 3.58. The average molecular weight is 353 g/mol. The molecule has 2 rings (SSSR count). The SMILES string of the molecule is CC(C)(C)NC(=O)CNc1cccc(NC(=O)CCc2ccccc2)c1. The molecule has 26 heavy (non-hydrogen) atoms. The van der Waals surface area contributed by atoms with E-state index in [9.17, 15) is 9.59 Å². The Labute approximate surface area is 155 Å². The summed E-state index contributed by atoms with van der Waals surface area (Å²) in [6.45, 7) is 6.01. The summed E-state index contributed by atoms with van der Waals surface area (Å²) in [5.41, 5.74) is 2.38. The highest BCUT2D eigenvalue weighted by Gasteiger charge is 2.13. The van der Waals surface area contributed by atoms with Crippen LogP contribution in [0.5, 0.6) is 0 Å². The standard InChI is InChI=1S/C21H27N3O2/c1-21(2,3)24-20(26)15-22-17-10-7-11-18(14-17)23-19(25)13-12-16-8-5-4-6-9-16/h4-11,14,22H,12-13,15H2,1-3H3,(H,23,25)(H,24,26). The van der Waals surface area contributed by atoms with Crippen molar-refractivity contribution in [2.75, 3.05) is 17.2 Å². The molecule has 138 valence electrons. The van der Waals surface area contributed by atoms with E-state index >= 15 is 0 Å². The van der Waals surface area contributed by atoms with Crippen molar-refractivity contribution in [2.24, 2.45) is 0 Å². The van der Waals surface area contributed by atoms with E-state index in [0.29, 0.717) is 18.5 Å². The molecule has 0 atom stereocenters. The molecular weight excluding hydrogens is 326 g/mol. The van der Waals surface area contributed by atoms with Gasteiger partial charge in [0.05, 0.1) is 6.54 Å². The molecule has 0 fully saturated rings. The highest BCUT2D eigenvalue weighted by Crippen LogP contribution is 2.15. The summed E-state index contributed by atoms with van der Waals surface area (Å²) in [6, 6.07) is 17.3. The third-order valence-corrected chi connectivity index (χ3v) is 3.60. The van der Waals surface area contributed by atoms with Crippen LogP contribution in [0.1, 0.15) is 32.8 Å². The van der Waals surface area contributed by atoms with Gasteiger partial charge in [-0.15, -0.1) is 0 Å². The van der Waals surface area contributed by atoms with Gasteiger partial charge in [0, 0.05) is 23.3 Å². The molecule has 0 spiro atoms. The first kappa shape index (κ1) is 19.5. The van der Waals surface area contributed by atoms with E-state index in [-0.39, 0.29) is 23.9 Å². The highest BCUT2D eigenvalue weighted by molar-refractivity contribution is 5.91. The van der Waals surface area contributed by atoms with Crippen LogP contribution in [0, 0.1) is 0 Å². The first-order valence-electron chi connectivity index (χ1n) is 8.80. The van der Waals surface area contributed by atoms with E-state index in [4.69, 9.17) is 0 Å². The van der Waals surface area contributed by atoms with Crippen molar-refractivity contribution in [3.05, 3.63) is 60.2 Å². The van der Waals surface area contributed by atoms with Gasteiger partial charge < -0.3 is 16.0 Å². The molecule has 0 aliphatic carbocycles. The molecule has 0 saturated carbocycles. The lowest BCUT2D eigenvalue weighted by Crippen LogP contribution is -2.43. The second-order valence-electron chi connectivity index (χ2n) is 7.27. The van der Waals surface area contributed by atoms with Gasteiger partial charge in [-0.3, -0.25) is 9.59 Å². The molecule has 2 aromatic rings. The van der Waals surface area contributed by atoms with Crippen molar-refractivity contribution in [3.63, 3.8) is 0 Å². The topological polar surface area (TPSA) is 70.2 Å². The maximum Gasteiger partial charge on any atom is 0.239 e. The Balaban J connectivity index is 1.82. The molecule has 0 aromatic heterocycles. The summed E-state index contributed by atoms with van der Waals surface area (Å²) < 4.78 is 0. The van der Waals surface area contributed by atoms with E-state index in [1.54, 1.807) is 0 Å². The molecule has 0 aliphatic rings. The Morgan fingerprint density at radius 3 is 2.27 bits per heavy atom. The summed E-state index contributed by atoms with van der Waals surface area (Å²) in [7, 11) is 0. The number of hydrogen-bond acceptors (Lipinski definition) is 3. The molecular formula is C21H27N3O2. The number of carbonyl (C=O) groups is 2. The lowest BCUT2D eigenvalue weighted by molar-refractivity contribution is -0.120. The first-order valence-corrected chi connectivity index (χ1v) is 8.80. The maximum absolute atomic E-state index is 12.1. The van der Waals surface area contributed by atoms with Gasteiger partial charge in [-0.25, -0.2) is 0 Å². The van der Waals surface area contributed by atoms with Crippen LogP contribution >= 0.6 is 0 Å². The normalized spacial score (nSPS) is 10.9. The first-order chi connectivity index (χ1) is 12.3. The Bertz CT molecular complexity index is 736. The van der Waals surface area contributed by atoms with Gasteiger partial charge in [0.2, 0.25) is 11.8 Å². The number of hydrogen-bond donors (Lipinski definition) is 3. The minimum absolute atomic E-state index is 0.0310. The number of benzene rings is 2. The molecule has 0 bridgehead atoms. The molecule has 2 amide bonds. The Morgan fingerprint density at radius 2 is 1.58 bits per heavy atom. The Hall–Kier alpha value is -2.82. The summed E-state index contributed by atoms with van der Waals surface area (Å²) in [5, 5.41) is 8.87. The number of amides is 2. The molecule has 0 radical (unpaired) electrons. The van der Waals surface area contributed by atoms with Gasteiger partial charge in [0.25, 0.3) is 0 Å². The van der Waals surface area contributed by atoms with Crippen molar-refractivity contribution in [2.45, 2.75) is 39.2 Å². The fraction of sp³-hybridized carbons (Fsp3) is 0.333. The second kappa shape index (κ2) is 9.04. The number of aryl methyl sites for hydroxylation is 1. The van der Waals surface area contributed by atoms with E-state index in [0.717, 1.165) is 11.3 Å². The maximum atomic E-state index is 12.1. The largest absolute Gasteiger partial charge is 0.376 e. The lowest BCUT2D eigenvalue weighted by atomic mass is 10.1. The summed E-state index contributed by atoms with van der Waals surface area (Å²) >= 11 is 0. The molecule has 0 aliphatic heterocycles. The van der Waals surface area contributed by atoms with Crippen LogP contribution in [0.4, 0.5) is 11.4 Å². The predicted molar refractivity (Wildman–Crippen MR) is 106 cm³/mol. The van der Waals surface area contributed by atoms with Crippen LogP contribution in [-0.2, 0) is 16.0 Å². The van der Waals surface area contributed by atoms with Crippen molar-refractivity contribution in [1.29, 1.82) is 0 Å². The summed E-state index contributed by atoms with van der Waals surface area (Å²) in [4.78, 5) is 24.0. The van der Waals surface area contributed by atoms with Crippen LogP contribution in [-0.4, -0.2) is 23.9 Å². The molecule has 3 N–H and O–H groups in total. The third kappa shape index (κ3) is 7.38.